The van der Waals surface area contributed by atoms with Crippen molar-refractivity contribution in [3.63, 3.8) is 0 Å². The molecule has 2 aliphatic rings. The molecule has 32 heavy (non-hydrogen) atoms. The van der Waals surface area contributed by atoms with Crippen LogP contribution in [0.25, 0.3) is 0 Å². The van der Waals surface area contributed by atoms with Crippen LogP contribution in [0.5, 0.6) is 0 Å². The number of piperidine rings is 1. The van der Waals surface area contributed by atoms with Gasteiger partial charge in [-0.3, -0.25) is 0 Å². The Labute approximate surface area is 195 Å². The van der Waals surface area contributed by atoms with Crippen LogP contribution < -0.4 is 27.8 Å². The molecular weight excluding hydrogens is 444 g/mol. The third-order valence-corrected chi connectivity index (χ3v) is 8.21. The molecule has 5 rings (SSSR count). The first-order chi connectivity index (χ1) is 15.4. The Balaban J connectivity index is 1.33. The number of aromatic nitrogens is 3. The summed E-state index contributed by atoms with van der Waals surface area (Å²) in [5.41, 5.74) is 28.1. The van der Waals surface area contributed by atoms with Crippen LogP contribution in [0.4, 0.5) is 23.1 Å². The topological polar surface area (TPSA) is 146 Å². The van der Waals surface area contributed by atoms with E-state index in [0.717, 1.165) is 48.8 Å². The van der Waals surface area contributed by atoms with Crippen LogP contribution in [0.2, 0.25) is 5.02 Å². The van der Waals surface area contributed by atoms with E-state index >= 15 is 0 Å². The number of fused-ring (bicyclic) bond motifs is 2. The van der Waals surface area contributed by atoms with E-state index in [-0.39, 0.29) is 17.3 Å². The first kappa shape index (κ1) is 21.1. The van der Waals surface area contributed by atoms with Crippen molar-refractivity contribution in [1.82, 2.24) is 15.0 Å². The van der Waals surface area contributed by atoms with Crippen LogP contribution in [0, 0.1) is 0 Å². The summed E-state index contributed by atoms with van der Waals surface area (Å²) in [7, 11) is 0. The zero-order valence-electron chi connectivity index (χ0n) is 17.5. The van der Waals surface area contributed by atoms with E-state index in [1.54, 1.807) is 18.5 Å². The average molecular weight is 469 g/mol. The lowest BCUT2D eigenvalue weighted by Gasteiger charge is -2.43. The molecule has 2 aromatic heterocycles. The van der Waals surface area contributed by atoms with Gasteiger partial charge in [-0.1, -0.05) is 29.4 Å². The van der Waals surface area contributed by atoms with Gasteiger partial charge in [0.15, 0.2) is 5.82 Å². The third-order valence-electron chi connectivity index (χ3n) is 6.63. The molecule has 0 amide bonds. The average Bonchev–Trinajstić information content (AvgIpc) is 3.03. The lowest BCUT2D eigenvalue weighted by molar-refractivity contribution is 0.292. The fraction of sp³-hybridized carbons (Fsp3) is 0.318. The number of pyridine rings is 1. The predicted octanol–water partition coefficient (Wildman–Crippen LogP) is 2.84. The minimum atomic E-state index is -0.00762. The van der Waals surface area contributed by atoms with Crippen LogP contribution in [-0.2, 0) is 11.8 Å². The summed E-state index contributed by atoms with van der Waals surface area (Å²) in [6, 6.07) is 8.10. The SMILES string of the molecule is Nc1ccc2c(c1)C[C@@H](N)C21CCN(c2cnc(Sc3ccnc(N)c3Cl)c(N)n2)CC1. The molecule has 0 radical (unpaired) electrons. The van der Waals surface area contributed by atoms with Crippen LogP contribution in [0.15, 0.2) is 46.6 Å². The van der Waals surface area contributed by atoms with Crippen molar-refractivity contribution in [2.75, 3.05) is 35.2 Å². The van der Waals surface area contributed by atoms with Crippen LogP contribution >= 0.6 is 23.4 Å². The van der Waals surface area contributed by atoms with Gasteiger partial charge in [0, 0.05) is 41.3 Å². The number of nitrogens with zero attached hydrogens (tertiary/aromatic N) is 4. The summed E-state index contributed by atoms with van der Waals surface area (Å²) in [4.78, 5) is 16.1. The van der Waals surface area contributed by atoms with Gasteiger partial charge in [0.2, 0.25) is 0 Å². The Morgan fingerprint density at radius 3 is 2.59 bits per heavy atom. The maximum atomic E-state index is 6.63. The molecule has 0 bridgehead atoms. The Morgan fingerprint density at radius 1 is 1.06 bits per heavy atom. The highest BCUT2D eigenvalue weighted by atomic mass is 35.5. The number of rotatable bonds is 3. The summed E-state index contributed by atoms with van der Waals surface area (Å²) in [5.74, 6) is 1.40. The zero-order chi connectivity index (χ0) is 22.5. The Bertz CT molecular complexity index is 1180. The second-order valence-corrected chi connectivity index (χ2v) is 9.81. The Morgan fingerprint density at radius 2 is 1.84 bits per heavy atom. The molecule has 1 spiro atoms. The van der Waals surface area contributed by atoms with Crippen molar-refractivity contribution in [2.45, 2.75) is 40.6 Å². The summed E-state index contributed by atoms with van der Waals surface area (Å²) in [6.45, 7) is 1.68. The fourth-order valence-corrected chi connectivity index (χ4v) is 5.93. The molecular formula is C22H25ClN8S. The van der Waals surface area contributed by atoms with Crippen molar-refractivity contribution in [3.8, 4) is 0 Å². The van der Waals surface area contributed by atoms with E-state index in [9.17, 15) is 0 Å². The summed E-state index contributed by atoms with van der Waals surface area (Å²) in [6.07, 6.45) is 6.15. The maximum Gasteiger partial charge on any atom is 0.158 e. The normalized spacial score (nSPS) is 19.3. The van der Waals surface area contributed by atoms with Gasteiger partial charge in [0.25, 0.3) is 0 Å². The first-order valence-electron chi connectivity index (χ1n) is 10.5. The monoisotopic (exact) mass is 468 g/mol. The van der Waals surface area contributed by atoms with Crippen molar-refractivity contribution < 1.29 is 0 Å². The molecule has 1 atom stereocenters. The molecule has 1 saturated heterocycles. The molecule has 8 nitrogen and oxygen atoms in total. The zero-order valence-corrected chi connectivity index (χ0v) is 19.0. The van der Waals surface area contributed by atoms with Gasteiger partial charge in [-0.2, -0.15) is 0 Å². The molecule has 0 unspecified atom stereocenters. The van der Waals surface area contributed by atoms with Crippen LogP contribution in [0.1, 0.15) is 24.0 Å². The van der Waals surface area contributed by atoms with Crippen LogP contribution in [-0.4, -0.2) is 34.1 Å². The quantitative estimate of drug-likeness (QED) is 0.426. The second kappa shape index (κ2) is 7.99. The third kappa shape index (κ3) is 3.50. The van der Waals surface area contributed by atoms with E-state index in [4.69, 9.17) is 34.5 Å². The van der Waals surface area contributed by atoms with Gasteiger partial charge in [-0.15, -0.1) is 0 Å². The van der Waals surface area contributed by atoms with Gasteiger partial charge in [0.1, 0.15) is 16.7 Å². The molecule has 10 heteroatoms. The van der Waals surface area contributed by atoms with E-state index in [1.807, 2.05) is 6.07 Å². The maximum absolute atomic E-state index is 6.63. The molecule has 3 aromatic rings. The van der Waals surface area contributed by atoms with Crippen LogP contribution in [0.3, 0.4) is 0 Å². The predicted molar refractivity (Wildman–Crippen MR) is 130 cm³/mol. The largest absolute Gasteiger partial charge is 0.399 e. The highest BCUT2D eigenvalue weighted by Gasteiger charge is 2.46. The number of benzene rings is 1. The minimum absolute atomic E-state index is 0.00762. The van der Waals surface area contributed by atoms with E-state index in [2.05, 4.69) is 32.0 Å². The smallest absolute Gasteiger partial charge is 0.158 e. The second-order valence-electron chi connectivity index (χ2n) is 8.40. The number of nitrogens with two attached hydrogens (primary N) is 4. The molecule has 166 valence electrons. The van der Waals surface area contributed by atoms with E-state index < -0.39 is 0 Å². The molecule has 1 aromatic carbocycles. The molecule has 8 N–H and O–H groups in total. The lowest BCUT2D eigenvalue weighted by Crippen LogP contribution is -2.50. The molecule has 1 aliphatic heterocycles. The van der Waals surface area contributed by atoms with Gasteiger partial charge >= 0.3 is 0 Å². The number of hydrogen-bond donors (Lipinski definition) is 4. The molecule has 0 saturated carbocycles. The fourth-order valence-electron chi connectivity index (χ4n) is 4.91. The minimum Gasteiger partial charge on any atom is -0.399 e. The summed E-state index contributed by atoms with van der Waals surface area (Å²) < 4.78 is 0. The molecule has 1 fully saturated rings. The molecule has 3 heterocycles. The highest BCUT2D eigenvalue weighted by molar-refractivity contribution is 7.99. The lowest BCUT2D eigenvalue weighted by atomic mass is 9.71. The number of anilines is 4. The summed E-state index contributed by atoms with van der Waals surface area (Å²) in [5, 5.41) is 0.970. The van der Waals surface area contributed by atoms with E-state index in [0.29, 0.717) is 15.9 Å². The first-order valence-corrected chi connectivity index (χ1v) is 11.7. The molecule has 1 aliphatic carbocycles. The number of nitrogen functional groups attached to an aromatic ring is 3. The van der Waals surface area contributed by atoms with Gasteiger partial charge < -0.3 is 27.8 Å². The standard InChI is InChI=1S/C22H25ClN8S/c23-18-15(3-6-28-19(18)26)32-21-20(27)30-17(11-29-21)31-7-4-22(5-8-31)14-2-1-13(24)9-12(14)10-16(22)25/h1-3,6,9,11,16H,4-5,7-8,10,24-25H2,(H2,26,28)(H2,27,30)/t16-/m1/s1. The number of hydrogen-bond acceptors (Lipinski definition) is 9. The van der Waals surface area contributed by atoms with Crippen molar-refractivity contribution in [1.29, 1.82) is 0 Å². The Kier molecular flexibility index (Phi) is 5.27. The van der Waals surface area contributed by atoms with Crippen molar-refractivity contribution in [2.24, 2.45) is 5.73 Å². The van der Waals surface area contributed by atoms with Crippen molar-refractivity contribution in [3.05, 3.63) is 52.8 Å². The summed E-state index contributed by atoms with van der Waals surface area (Å²) >= 11 is 7.56. The number of halogens is 1. The van der Waals surface area contributed by atoms with Crippen molar-refractivity contribution >= 4 is 46.5 Å². The van der Waals surface area contributed by atoms with E-state index in [1.165, 1.54) is 22.9 Å². The Hall–Kier alpha value is -2.75. The van der Waals surface area contributed by atoms with Gasteiger partial charge in [-0.05, 0) is 48.6 Å². The highest BCUT2D eigenvalue weighted by Crippen LogP contribution is 2.46. The van der Waals surface area contributed by atoms with Gasteiger partial charge in [-0.25, -0.2) is 15.0 Å². The van der Waals surface area contributed by atoms with Gasteiger partial charge in [0.05, 0.1) is 11.2 Å².